The van der Waals surface area contributed by atoms with Crippen molar-refractivity contribution in [3.63, 3.8) is 0 Å². The summed E-state index contributed by atoms with van der Waals surface area (Å²) >= 11 is 0. The van der Waals surface area contributed by atoms with E-state index in [-0.39, 0.29) is 18.4 Å². The van der Waals surface area contributed by atoms with Gasteiger partial charge in [-0.1, -0.05) is 13.8 Å². The SMILES string of the molecule is CC(C)[C@H](N)C(=O)N1CC(=O)NC(=O)C1(C)C. The predicted octanol–water partition coefficient (Wildman–Crippen LogP) is -0.767. The molecule has 17 heavy (non-hydrogen) atoms. The smallest absolute Gasteiger partial charge is 0.252 e. The highest BCUT2D eigenvalue weighted by atomic mass is 16.2. The Balaban J connectivity index is 2.98. The summed E-state index contributed by atoms with van der Waals surface area (Å²) in [5.74, 6) is -1.36. The van der Waals surface area contributed by atoms with Crippen molar-refractivity contribution >= 4 is 17.7 Å². The van der Waals surface area contributed by atoms with Crippen molar-refractivity contribution in [2.75, 3.05) is 6.54 Å². The number of hydrogen-bond donors (Lipinski definition) is 2. The molecule has 0 spiro atoms. The van der Waals surface area contributed by atoms with Crippen LogP contribution in [0.1, 0.15) is 27.7 Å². The first-order valence-electron chi connectivity index (χ1n) is 5.59. The molecule has 1 rings (SSSR count). The van der Waals surface area contributed by atoms with Crippen molar-refractivity contribution in [3.8, 4) is 0 Å². The van der Waals surface area contributed by atoms with Gasteiger partial charge in [0.15, 0.2) is 0 Å². The van der Waals surface area contributed by atoms with Gasteiger partial charge in [-0.2, -0.15) is 0 Å². The first kappa shape index (κ1) is 13.6. The van der Waals surface area contributed by atoms with Crippen molar-refractivity contribution in [1.82, 2.24) is 10.2 Å². The molecule has 96 valence electrons. The number of nitrogens with zero attached hydrogens (tertiary/aromatic N) is 1. The molecular weight excluding hydrogens is 222 g/mol. The van der Waals surface area contributed by atoms with Gasteiger partial charge in [0, 0.05) is 0 Å². The summed E-state index contributed by atoms with van der Waals surface area (Å²) in [7, 11) is 0. The largest absolute Gasteiger partial charge is 0.320 e. The molecule has 6 heteroatoms. The molecular formula is C11H19N3O3. The highest BCUT2D eigenvalue weighted by Gasteiger charge is 2.44. The summed E-state index contributed by atoms with van der Waals surface area (Å²) in [6, 6.07) is -0.701. The van der Waals surface area contributed by atoms with E-state index in [0.717, 1.165) is 0 Å². The maximum Gasteiger partial charge on any atom is 0.252 e. The highest BCUT2D eigenvalue weighted by Crippen LogP contribution is 2.20. The summed E-state index contributed by atoms with van der Waals surface area (Å²) in [6.45, 7) is 6.71. The Bertz CT molecular complexity index is 363. The van der Waals surface area contributed by atoms with Gasteiger partial charge in [0.2, 0.25) is 11.8 Å². The van der Waals surface area contributed by atoms with Gasteiger partial charge in [-0.05, 0) is 19.8 Å². The zero-order valence-electron chi connectivity index (χ0n) is 10.6. The van der Waals surface area contributed by atoms with E-state index < -0.39 is 23.4 Å². The van der Waals surface area contributed by atoms with Gasteiger partial charge < -0.3 is 10.6 Å². The average Bonchev–Trinajstić information content (AvgIpc) is 2.21. The molecule has 0 aliphatic carbocycles. The first-order chi connectivity index (χ1) is 7.67. The standard InChI is InChI=1S/C11H19N3O3/c1-6(2)8(12)9(16)14-5-7(15)13-10(17)11(14,3)4/h6,8H,5,12H2,1-4H3,(H,13,15,17)/t8-/m0/s1. The molecule has 0 unspecified atom stereocenters. The van der Waals surface area contributed by atoms with Crippen LogP contribution in [0.5, 0.6) is 0 Å². The molecule has 6 nitrogen and oxygen atoms in total. The topological polar surface area (TPSA) is 92.5 Å². The van der Waals surface area contributed by atoms with Gasteiger partial charge in [-0.15, -0.1) is 0 Å². The monoisotopic (exact) mass is 241 g/mol. The third-order valence-corrected chi connectivity index (χ3v) is 3.05. The Morgan fingerprint density at radius 3 is 2.41 bits per heavy atom. The van der Waals surface area contributed by atoms with Crippen molar-refractivity contribution in [3.05, 3.63) is 0 Å². The van der Waals surface area contributed by atoms with E-state index in [1.807, 2.05) is 13.8 Å². The van der Waals surface area contributed by atoms with Crippen LogP contribution in [-0.4, -0.2) is 40.7 Å². The van der Waals surface area contributed by atoms with Crippen LogP contribution in [0, 0.1) is 5.92 Å². The molecule has 3 N–H and O–H groups in total. The minimum absolute atomic E-state index is 0.0432. The normalized spacial score (nSPS) is 21.4. The van der Waals surface area contributed by atoms with E-state index in [1.165, 1.54) is 4.90 Å². The van der Waals surface area contributed by atoms with Gasteiger partial charge in [0.05, 0.1) is 6.04 Å². The van der Waals surface area contributed by atoms with Crippen LogP contribution in [0.4, 0.5) is 0 Å². The van der Waals surface area contributed by atoms with Crippen LogP contribution in [0.2, 0.25) is 0 Å². The van der Waals surface area contributed by atoms with E-state index in [2.05, 4.69) is 5.32 Å². The summed E-state index contributed by atoms with van der Waals surface area (Å²) in [5, 5.41) is 2.21. The summed E-state index contributed by atoms with van der Waals surface area (Å²) in [4.78, 5) is 36.3. The lowest BCUT2D eigenvalue weighted by atomic mass is 9.95. The van der Waals surface area contributed by atoms with Crippen LogP contribution in [0.3, 0.4) is 0 Å². The number of amides is 3. The molecule has 3 amide bonds. The summed E-state index contributed by atoms with van der Waals surface area (Å²) < 4.78 is 0. The van der Waals surface area contributed by atoms with Crippen LogP contribution >= 0.6 is 0 Å². The molecule has 1 aliphatic heterocycles. The molecule has 1 aliphatic rings. The Kier molecular flexibility index (Phi) is 3.56. The van der Waals surface area contributed by atoms with Crippen LogP contribution in [0.15, 0.2) is 0 Å². The minimum atomic E-state index is -1.04. The third kappa shape index (κ3) is 2.46. The number of rotatable bonds is 2. The molecule has 1 heterocycles. The van der Waals surface area contributed by atoms with E-state index in [0.29, 0.717) is 0 Å². The number of piperazine rings is 1. The van der Waals surface area contributed by atoms with E-state index >= 15 is 0 Å². The molecule has 0 aromatic rings. The van der Waals surface area contributed by atoms with E-state index in [1.54, 1.807) is 13.8 Å². The van der Waals surface area contributed by atoms with Gasteiger partial charge in [-0.25, -0.2) is 0 Å². The lowest BCUT2D eigenvalue weighted by Gasteiger charge is -2.41. The molecule has 0 aromatic heterocycles. The number of nitrogens with two attached hydrogens (primary N) is 1. The summed E-state index contributed by atoms with van der Waals surface area (Å²) in [6.07, 6.45) is 0. The average molecular weight is 241 g/mol. The van der Waals surface area contributed by atoms with Crippen molar-refractivity contribution in [2.45, 2.75) is 39.3 Å². The van der Waals surface area contributed by atoms with Crippen LogP contribution in [-0.2, 0) is 14.4 Å². The molecule has 0 radical (unpaired) electrons. The predicted molar refractivity (Wildman–Crippen MR) is 61.8 cm³/mol. The Hall–Kier alpha value is -1.43. The van der Waals surface area contributed by atoms with Gasteiger partial charge >= 0.3 is 0 Å². The second-order valence-corrected chi connectivity index (χ2v) is 5.13. The molecule has 1 atom stereocenters. The van der Waals surface area contributed by atoms with E-state index in [4.69, 9.17) is 5.73 Å². The molecule has 1 saturated heterocycles. The summed E-state index contributed by atoms with van der Waals surface area (Å²) in [5.41, 5.74) is 4.72. The molecule has 0 aromatic carbocycles. The lowest BCUT2D eigenvalue weighted by Crippen LogP contribution is -2.67. The fourth-order valence-corrected chi connectivity index (χ4v) is 1.60. The fourth-order valence-electron chi connectivity index (χ4n) is 1.60. The Labute approximate surface area is 101 Å². The maximum atomic E-state index is 12.1. The second-order valence-electron chi connectivity index (χ2n) is 5.13. The second kappa shape index (κ2) is 4.44. The fraction of sp³-hybridized carbons (Fsp3) is 0.727. The Morgan fingerprint density at radius 1 is 1.41 bits per heavy atom. The first-order valence-corrected chi connectivity index (χ1v) is 5.59. The number of hydrogen-bond acceptors (Lipinski definition) is 4. The van der Waals surface area contributed by atoms with Crippen molar-refractivity contribution in [1.29, 1.82) is 0 Å². The molecule has 0 saturated carbocycles. The highest BCUT2D eigenvalue weighted by molar-refractivity contribution is 6.06. The van der Waals surface area contributed by atoms with Crippen molar-refractivity contribution in [2.24, 2.45) is 11.7 Å². The van der Waals surface area contributed by atoms with E-state index in [9.17, 15) is 14.4 Å². The minimum Gasteiger partial charge on any atom is -0.320 e. The quantitative estimate of drug-likeness (QED) is 0.621. The number of nitrogens with one attached hydrogen (secondary N) is 1. The molecule has 0 bridgehead atoms. The number of carbonyl (C=O) groups excluding carboxylic acids is 3. The Morgan fingerprint density at radius 2 is 1.94 bits per heavy atom. The van der Waals surface area contributed by atoms with Crippen LogP contribution < -0.4 is 11.1 Å². The van der Waals surface area contributed by atoms with Gasteiger partial charge in [0.25, 0.3) is 5.91 Å². The molecule has 1 fully saturated rings. The number of carbonyl (C=O) groups is 3. The maximum absolute atomic E-state index is 12.1. The van der Waals surface area contributed by atoms with Gasteiger partial charge in [0.1, 0.15) is 12.1 Å². The zero-order valence-corrected chi connectivity index (χ0v) is 10.6. The van der Waals surface area contributed by atoms with Crippen LogP contribution in [0.25, 0.3) is 0 Å². The third-order valence-electron chi connectivity index (χ3n) is 3.05. The van der Waals surface area contributed by atoms with Crippen molar-refractivity contribution < 1.29 is 14.4 Å². The zero-order chi connectivity index (χ0) is 13.4. The number of imide groups is 1. The van der Waals surface area contributed by atoms with Gasteiger partial charge in [-0.3, -0.25) is 19.7 Å². The lowest BCUT2D eigenvalue weighted by molar-refractivity contribution is -0.156.